The summed E-state index contributed by atoms with van der Waals surface area (Å²) in [7, 11) is 1.51. The second-order valence-corrected chi connectivity index (χ2v) is 5.34. The summed E-state index contributed by atoms with van der Waals surface area (Å²) in [6.07, 6.45) is 2.68. The van der Waals surface area contributed by atoms with E-state index in [2.05, 4.69) is 28.4 Å². The number of nitrogens with zero attached hydrogens (tertiary/aromatic N) is 1. The Labute approximate surface area is 129 Å². The van der Waals surface area contributed by atoms with E-state index in [4.69, 9.17) is 9.15 Å². The van der Waals surface area contributed by atoms with Crippen molar-refractivity contribution in [3.8, 4) is 0 Å². The number of hydrogen-bond acceptors (Lipinski definition) is 4. The molecular formula is C17H20N2O3. The Bertz CT molecular complexity index is 625. The topological polar surface area (TPSA) is 54.7 Å². The van der Waals surface area contributed by atoms with Gasteiger partial charge in [-0.1, -0.05) is 18.2 Å². The third-order valence-electron chi connectivity index (χ3n) is 3.94. The molecule has 2 aromatic rings. The molecule has 0 unspecified atom stereocenters. The van der Waals surface area contributed by atoms with Crippen LogP contribution in [0, 0.1) is 0 Å². The minimum absolute atomic E-state index is 0.0144. The molecule has 1 atom stereocenters. The number of benzene rings is 1. The van der Waals surface area contributed by atoms with E-state index >= 15 is 0 Å². The van der Waals surface area contributed by atoms with Crippen molar-refractivity contribution in [1.82, 2.24) is 5.32 Å². The number of para-hydroxylation sites is 1. The molecule has 2 heterocycles. The van der Waals surface area contributed by atoms with Crippen molar-refractivity contribution in [3.05, 3.63) is 54.0 Å². The van der Waals surface area contributed by atoms with Gasteiger partial charge in [0.15, 0.2) is 0 Å². The van der Waals surface area contributed by atoms with Gasteiger partial charge in [-0.2, -0.15) is 0 Å². The number of nitrogens with one attached hydrogen (secondary N) is 1. The maximum atomic E-state index is 11.7. The van der Waals surface area contributed by atoms with Gasteiger partial charge in [0.25, 0.3) is 0 Å². The maximum absolute atomic E-state index is 11.7. The zero-order valence-electron chi connectivity index (χ0n) is 12.6. The molecule has 0 bridgehead atoms. The number of anilines is 1. The highest BCUT2D eigenvalue weighted by molar-refractivity contribution is 5.77. The van der Waals surface area contributed by atoms with E-state index in [0.29, 0.717) is 6.54 Å². The molecule has 0 aliphatic carbocycles. The fraction of sp³-hybridized carbons (Fsp3) is 0.353. The fourth-order valence-corrected chi connectivity index (χ4v) is 2.93. The third kappa shape index (κ3) is 2.99. The van der Waals surface area contributed by atoms with Crippen LogP contribution in [0.1, 0.15) is 17.4 Å². The number of fused-ring (bicyclic) bond motifs is 1. The maximum Gasteiger partial charge on any atom is 0.246 e. The predicted molar refractivity (Wildman–Crippen MR) is 83.8 cm³/mol. The number of amides is 1. The number of carbonyl (C=O) groups is 1. The lowest BCUT2D eigenvalue weighted by molar-refractivity contribution is -0.124. The molecule has 5 heteroatoms. The number of furan rings is 1. The molecular weight excluding hydrogens is 280 g/mol. The lowest BCUT2D eigenvalue weighted by atomic mass is 10.1. The van der Waals surface area contributed by atoms with Crippen molar-refractivity contribution in [2.45, 2.75) is 12.5 Å². The van der Waals surface area contributed by atoms with Crippen molar-refractivity contribution in [1.29, 1.82) is 0 Å². The van der Waals surface area contributed by atoms with Crippen LogP contribution in [0.3, 0.4) is 0 Å². The second-order valence-electron chi connectivity index (χ2n) is 5.34. The molecule has 3 rings (SSSR count). The molecule has 1 aromatic carbocycles. The van der Waals surface area contributed by atoms with Gasteiger partial charge in [-0.3, -0.25) is 4.79 Å². The Hall–Kier alpha value is -2.27. The van der Waals surface area contributed by atoms with Crippen LogP contribution < -0.4 is 10.2 Å². The molecule has 0 spiro atoms. The van der Waals surface area contributed by atoms with Gasteiger partial charge >= 0.3 is 0 Å². The molecule has 0 radical (unpaired) electrons. The van der Waals surface area contributed by atoms with Gasteiger partial charge in [0.2, 0.25) is 5.91 Å². The van der Waals surface area contributed by atoms with E-state index < -0.39 is 0 Å². The van der Waals surface area contributed by atoms with Crippen molar-refractivity contribution in [2.75, 3.05) is 31.7 Å². The van der Waals surface area contributed by atoms with Gasteiger partial charge in [-0.25, -0.2) is 0 Å². The van der Waals surface area contributed by atoms with Gasteiger partial charge in [-0.05, 0) is 30.2 Å². The highest BCUT2D eigenvalue weighted by Gasteiger charge is 2.28. The van der Waals surface area contributed by atoms with E-state index in [1.807, 2.05) is 18.2 Å². The van der Waals surface area contributed by atoms with Gasteiger partial charge in [0.1, 0.15) is 18.4 Å². The van der Waals surface area contributed by atoms with Gasteiger partial charge in [0, 0.05) is 25.9 Å². The molecule has 22 heavy (non-hydrogen) atoms. The number of methoxy groups -OCH3 is 1. The van der Waals surface area contributed by atoms with Crippen LogP contribution >= 0.6 is 0 Å². The number of hydrogen-bond donors (Lipinski definition) is 1. The quantitative estimate of drug-likeness (QED) is 0.888. The van der Waals surface area contributed by atoms with Gasteiger partial charge in [0.05, 0.1) is 6.26 Å². The Morgan fingerprint density at radius 1 is 1.36 bits per heavy atom. The molecule has 0 saturated carbocycles. The van der Waals surface area contributed by atoms with E-state index in [1.54, 1.807) is 6.26 Å². The summed E-state index contributed by atoms with van der Waals surface area (Å²) in [5.41, 5.74) is 2.55. The minimum atomic E-state index is -0.119. The molecule has 5 nitrogen and oxygen atoms in total. The summed E-state index contributed by atoms with van der Waals surface area (Å²) in [6.45, 7) is 1.48. The smallest absolute Gasteiger partial charge is 0.246 e. The zero-order valence-corrected chi connectivity index (χ0v) is 12.6. The SMILES string of the molecule is COCC(=O)NC[C@@H](c1ccco1)N1CCc2ccccc21. The first-order valence-corrected chi connectivity index (χ1v) is 7.43. The normalized spacial score (nSPS) is 14.7. The first-order valence-electron chi connectivity index (χ1n) is 7.43. The Morgan fingerprint density at radius 3 is 3.00 bits per heavy atom. The Morgan fingerprint density at radius 2 is 2.23 bits per heavy atom. The van der Waals surface area contributed by atoms with Crippen LogP contribution in [-0.2, 0) is 16.0 Å². The first kappa shape index (κ1) is 14.7. The Balaban J connectivity index is 1.80. The van der Waals surface area contributed by atoms with Crippen molar-refractivity contribution in [2.24, 2.45) is 0 Å². The zero-order chi connectivity index (χ0) is 15.4. The average molecular weight is 300 g/mol. The second kappa shape index (κ2) is 6.66. The highest BCUT2D eigenvalue weighted by atomic mass is 16.5. The van der Waals surface area contributed by atoms with Crippen LogP contribution in [0.5, 0.6) is 0 Å². The van der Waals surface area contributed by atoms with E-state index in [-0.39, 0.29) is 18.6 Å². The van der Waals surface area contributed by atoms with Crippen LogP contribution in [0.2, 0.25) is 0 Å². The van der Waals surface area contributed by atoms with Crippen molar-refractivity contribution < 1.29 is 13.9 Å². The van der Waals surface area contributed by atoms with Crippen LogP contribution in [-0.4, -0.2) is 32.7 Å². The van der Waals surface area contributed by atoms with Crippen molar-refractivity contribution >= 4 is 11.6 Å². The summed E-state index contributed by atoms with van der Waals surface area (Å²) in [4.78, 5) is 14.0. The average Bonchev–Trinajstić information content (AvgIpc) is 3.18. The largest absolute Gasteiger partial charge is 0.467 e. The Kier molecular flexibility index (Phi) is 4.44. The fourth-order valence-electron chi connectivity index (χ4n) is 2.93. The molecule has 1 aromatic heterocycles. The summed E-state index contributed by atoms with van der Waals surface area (Å²) in [5, 5.41) is 2.91. The lowest BCUT2D eigenvalue weighted by Crippen LogP contribution is -2.38. The molecule has 1 N–H and O–H groups in total. The predicted octanol–water partition coefficient (Wildman–Crippen LogP) is 2.15. The van der Waals surface area contributed by atoms with E-state index in [9.17, 15) is 4.79 Å². The minimum Gasteiger partial charge on any atom is -0.467 e. The van der Waals surface area contributed by atoms with E-state index in [1.165, 1.54) is 18.4 Å². The highest BCUT2D eigenvalue weighted by Crippen LogP contribution is 2.34. The number of ether oxygens (including phenoxy) is 1. The van der Waals surface area contributed by atoms with E-state index in [0.717, 1.165) is 18.7 Å². The van der Waals surface area contributed by atoms with Crippen LogP contribution in [0.15, 0.2) is 47.1 Å². The summed E-state index contributed by atoms with van der Waals surface area (Å²) in [6, 6.07) is 12.2. The molecule has 1 aliphatic heterocycles. The molecule has 0 saturated heterocycles. The first-order chi connectivity index (χ1) is 10.8. The summed E-state index contributed by atoms with van der Waals surface area (Å²) in [5.74, 6) is 0.737. The van der Waals surface area contributed by atoms with Crippen molar-refractivity contribution in [3.63, 3.8) is 0 Å². The van der Waals surface area contributed by atoms with Crippen LogP contribution in [0.25, 0.3) is 0 Å². The lowest BCUT2D eigenvalue weighted by Gasteiger charge is -2.29. The summed E-state index contributed by atoms with van der Waals surface area (Å²) >= 11 is 0. The van der Waals surface area contributed by atoms with Gasteiger partial charge < -0.3 is 19.4 Å². The summed E-state index contributed by atoms with van der Waals surface area (Å²) < 4.78 is 10.5. The monoisotopic (exact) mass is 300 g/mol. The standard InChI is InChI=1S/C17H20N2O3/c1-21-12-17(20)18-11-15(16-7-4-10-22-16)19-9-8-13-5-2-3-6-14(13)19/h2-7,10,15H,8-9,11-12H2,1H3,(H,18,20)/t15-/m0/s1. The van der Waals surface area contributed by atoms with Gasteiger partial charge in [-0.15, -0.1) is 0 Å². The van der Waals surface area contributed by atoms with Crippen LogP contribution in [0.4, 0.5) is 5.69 Å². The molecule has 1 amide bonds. The number of rotatable bonds is 6. The number of carbonyl (C=O) groups excluding carboxylic acids is 1. The third-order valence-corrected chi connectivity index (χ3v) is 3.94. The molecule has 1 aliphatic rings. The molecule has 116 valence electrons. The molecule has 0 fully saturated rings.